The van der Waals surface area contributed by atoms with Crippen LogP contribution in [0.1, 0.15) is 25.7 Å². The van der Waals surface area contributed by atoms with Crippen molar-refractivity contribution in [3.8, 4) is 11.5 Å². The van der Waals surface area contributed by atoms with Crippen LogP contribution in [-0.4, -0.2) is 25.9 Å². The fourth-order valence-electron chi connectivity index (χ4n) is 2.34. The molecule has 1 aromatic carbocycles. The van der Waals surface area contributed by atoms with E-state index in [1.165, 1.54) is 0 Å². The van der Waals surface area contributed by atoms with Crippen LogP contribution in [0, 0.1) is 5.92 Å². The van der Waals surface area contributed by atoms with Crippen LogP contribution in [0.2, 0.25) is 0 Å². The molecule has 1 N–H and O–H groups in total. The second kappa shape index (κ2) is 6.41. The molecule has 1 saturated carbocycles. The number of methoxy groups -OCH3 is 2. The monoisotopic (exact) mass is 277 g/mol. The van der Waals surface area contributed by atoms with Crippen LogP contribution < -0.4 is 14.8 Å². The minimum Gasteiger partial charge on any atom is -0.497 e. The first-order valence-corrected chi connectivity index (χ1v) is 6.68. The number of hydrogen-bond acceptors (Lipinski definition) is 4. The maximum atomic E-state index is 12.2. The molecule has 0 heterocycles. The zero-order valence-corrected chi connectivity index (χ0v) is 11.8. The molecular weight excluding hydrogens is 258 g/mol. The minimum atomic E-state index is -0.0977. The van der Waals surface area contributed by atoms with Crippen molar-refractivity contribution in [3.63, 3.8) is 0 Å². The summed E-state index contributed by atoms with van der Waals surface area (Å²) in [6.45, 7) is 0. The van der Waals surface area contributed by atoms with Gasteiger partial charge in [0.25, 0.3) is 0 Å². The highest BCUT2D eigenvalue weighted by Crippen LogP contribution is 2.30. The average Bonchev–Trinajstić information content (AvgIpc) is 2.48. The summed E-state index contributed by atoms with van der Waals surface area (Å²) in [5.74, 6) is 1.32. The second-order valence-electron chi connectivity index (χ2n) is 4.87. The average molecular weight is 277 g/mol. The van der Waals surface area contributed by atoms with Gasteiger partial charge in [-0.05, 0) is 25.0 Å². The fraction of sp³-hybridized carbons (Fsp3) is 0.467. The van der Waals surface area contributed by atoms with Crippen LogP contribution >= 0.6 is 0 Å². The first-order valence-electron chi connectivity index (χ1n) is 6.68. The van der Waals surface area contributed by atoms with E-state index in [0.29, 0.717) is 42.9 Å². The fourth-order valence-corrected chi connectivity index (χ4v) is 2.34. The van der Waals surface area contributed by atoms with E-state index in [9.17, 15) is 9.59 Å². The van der Waals surface area contributed by atoms with Crippen LogP contribution in [0.4, 0.5) is 5.69 Å². The molecule has 0 radical (unpaired) electrons. The van der Waals surface area contributed by atoms with Crippen LogP contribution in [0.25, 0.3) is 0 Å². The number of ether oxygens (including phenoxy) is 2. The lowest BCUT2D eigenvalue weighted by molar-refractivity contribution is -0.125. The predicted octanol–water partition coefficient (Wildman–Crippen LogP) is 2.40. The number of hydrogen-bond donors (Lipinski definition) is 1. The number of benzene rings is 1. The Kier molecular flexibility index (Phi) is 4.61. The Labute approximate surface area is 118 Å². The number of nitrogens with one attached hydrogen (secondary N) is 1. The first kappa shape index (κ1) is 14.4. The summed E-state index contributed by atoms with van der Waals surface area (Å²) in [5, 5.41) is 2.87. The molecule has 20 heavy (non-hydrogen) atoms. The Bertz CT molecular complexity index is 503. The Morgan fingerprint density at radius 3 is 2.50 bits per heavy atom. The predicted molar refractivity (Wildman–Crippen MR) is 75.1 cm³/mol. The van der Waals surface area contributed by atoms with Crippen molar-refractivity contribution in [2.45, 2.75) is 25.7 Å². The van der Waals surface area contributed by atoms with Gasteiger partial charge >= 0.3 is 0 Å². The second-order valence-corrected chi connectivity index (χ2v) is 4.87. The molecule has 5 heteroatoms. The smallest absolute Gasteiger partial charge is 0.227 e. The van der Waals surface area contributed by atoms with Crippen molar-refractivity contribution < 1.29 is 19.1 Å². The van der Waals surface area contributed by atoms with E-state index < -0.39 is 0 Å². The quantitative estimate of drug-likeness (QED) is 0.917. The SMILES string of the molecule is COc1ccc(NC(=O)C2CCC(=O)CC2)c(OC)c1. The number of ketones is 1. The first-order chi connectivity index (χ1) is 9.63. The van der Waals surface area contributed by atoms with E-state index in [-0.39, 0.29) is 17.6 Å². The number of carbonyl (C=O) groups excluding carboxylic acids is 2. The van der Waals surface area contributed by atoms with Crippen LogP contribution in [0.5, 0.6) is 11.5 Å². The summed E-state index contributed by atoms with van der Waals surface area (Å²) in [5.41, 5.74) is 0.621. The number of amides is 1. The Hall–Kier alpha value is -2.04. The highest BCUT2D eigenvalue weighted by molar-refractivity contribution is 5.95. The van der Waals surface area contributed by atoms with E-state index >= 15 is 0 Å². The molecule has 0 bridgehead atoms. The van der Waals surface area contributed by atoms with E-state index in [0.717, 1.165) is 0 Å². The van der Waals surface area contributed by atoms with E-state index in [1.54, 1.807) is 32.4 Å². The van der Waals surface area contributed by atoms with Gasteiger partial charge in [0.15, 0.2) is 0 Å². The molecule has 1 aliphatic rings. The lowest BCUT2D eigenvalue weighted by atomic mass is 9.88. The molecule has 0 saturated heterocycles. The summed E-state index contributed by atoms with van der Waals surface area (Å²) in [6, 6.07) is 5.24. The molecular formula is C15H19NO4. The number of Topliss-reactive ketones (excluding diaryl/α,β-unsaturated/α-hetero) is 1. The van der Waals surface area contributed by atoms with E-state index in [4.69, 9.17) is 9.47 Å². The van der Waals surface area contributed by atoms with Crippen molar-refractivity contribution in [2.75, 3.05) is 19.5 Å². The Balaban J connectivity index is 2.05. The molecule has 1 aromatic rings. The molecule has 0 atom stereocenters. The number of anilines is 1. The van der Waals surface area contributed by atoms with Crippen LogP contribution in [0.15, 0.2) is 18.2 Å². The lowest BCUT2D eigenvalue weighted by Gasteiger charge is -2.21. The van der Waals surface area contributed by atoms with Crippen molar-refractivity contribution >= 4 is 17.4 Å². The molecule has 2 rings (SSSR count). The molecule has 0 spiro atoms. The van der Waals surface area contributed by atoms with Crippen molar-refractivity contribution in [1.82, 2.24) is 0 Å². The number of rotatable bonds is 4. The normalized spacial score (nSPS) is 15.8. The zero-order chi connectivity index (χ0) is 14.5. The van der Waals surface area contributed by atoms with E-state index in [2.05, 4.69) is 5.32 Å². The third kappa shape index (κ3) is 3.29. The molecule has 1 aliphatic carbocycles. The van der Waals surface area contributed by atoms with Gasteiger partial charge in [0.2, 0.25) is 5.91 Å². The molecule has 1 amide bonds. The van der Waals surface area contributed by atoms with Gasteiger partial charge < -0.3 is 14.8 Å². The van der Waals surface area contributed by atoms with Gasteiger partial charge in [0, 0.05) is 24.8 Å². The van der Waals surface area contributed by atoms with Crippen molar-refractivity contribution in [3.05, 3.63) is 18.2 Å². The molecule has 5 nitrogen and oxygen atoms in total. The molecule has 0 unspecified atom stereocenters. The topological polar surface area (TPSA) is 64.6 Å². The third-order valence-corrected chi connectivity index (χ3v) is 3.58. The van der Waals surface area contributed by atoms with Gasteiger partial charge in [-0.2, -0.15) is 0 Å². The van der Waals surface area contributed by atoms with Crippen LogP contribution in [0.3, 0.4) is 0 Å². The maximum absolute atomic E-state index is 12.2. The molecule has 1 fully saturated rings. The summed E-state index contributed by atoms with van der Waals surface area (Å²) >= 11 is 0. The van der Waals surface area contributed by atoms with Gasteiger partial charge in [0.05, 0.1) is 19.9 Å². The van der Waals surface area contributed by atoms with E-state index in [1.807, 2.05) is 0 Å². The lowest BCUT2D eigenvalue weighted by Crippen LogP contribution is -2.27. The Morgan fingerprint density at radius 2 is 1.90 bits per heavy atom. The zero-order valence-electron chi connectivity index (χ0n) is 11.8. The largest absolute Gasteiger partial charge is 0.497 e. The Morgan fingerprint density at radius 1 is 1.20 bits per heavy atom. The summed E-state index contributed by atoms with van der Waals surface area (Å²) < 4.78 is 10.4. The highest BCUT2D eigenvalue weighted by atomic mass is 16.5. The minimum absolute atomic E-state index is 0.0547. The third-order valence-electron chi connectivity index (χ3n) is 3.58. The summed E-state index contributed by atoms with van der Waals surface area (Å²) in [7, 11) is 3.12. The molecule has 0 aliphatic heterocycles. The van der Waals surface area contributed by atoms with Crippen molar-refractivity contribution in [1.29, 1.82) is 0 Å². The van der Waals surface area contributed by atoms with Crippen LogP contribution in [-0.2, 0) is 9.59 Å². The number of carbonyl (C=O) groups is 2. The molecule has 0 aromatic heterocycles. The summed E-state index contributed by atoms with van der Waals surface area (Å²) in [6.07, 6.45) is 2.25. The maximum Gasteiger partial charge on any atom is 0.227 e. The summed E-state index contributed by atoms with van der Waals surface area (Å²) in [4.78, 5) is 23.4. The van der Waals surface area contributed by atoms with Gasteiger partial charge in [-0.15, -0.1) is 0 Å². The highest BCUT2D eigenvalue weighted by Gasteiger charge is 2.25. The van der Waals surface area contributed by atoms with Gasteiger partial charge in [0.1, 0.15) is 17.3 Å². The standard InChI is InChI=1S/C15H19NO4/c1-19-12-7-8-13(14(9-12)20-2)16-15(18)10-3-5-11(17)6-4-10/h7-10H,3-6H2,1-2H3,(H,16,18). The van der Waals surface area contributed by atoms with Crippen molar-refractivity contribution in [2.24, 2.45) is 5.92 Å². The van der Waals surface area contributed by atoms with Gasteiger partial charge in [-0.1, -0.05) is 0 Å². The van der Waals surface area contributed by atoms with Gasteiger partial charge in [-0.3, -0.25) is 9.59 Å². The molecule has 108 valence electrons. The van der Waals surface area contributed by atoms with Gasteiger partial charge in [-0.25, -0.2) is 0 Å².